The van der Waals surface area contributed by atoms with Crippen molar-refractivity contribution in [3.8, 4) is 0 Å². The van der Waals surface area contributed by atoms with Crippen LogP contribution in [0.15, 0.2) is 36.4 Å². The number of hydrogen-bond acceptors (Lipinski definition) is 6. The zero-order valence-corrected chi connectivity index (χ0v) is 21.5. The lowest BCUT2D eigenvalue weighted by molar-refractivity contribution is -0.125. The Balaban J connectivity index is 1.46. The van der Waals surface area contributed by atoms with Crippen molar-refractivity contribution in [2.24, 2.45) is 5.92 Å². The van der Waals surface area contributed by atoms with Crippen molar-refractivity contribution < 1.29 is 19.1 Å². The smallest absolute Gasteiger partial charge is 0.261 e. The molecule has 8 nitrogen and oxygen atoms in total. The van der Waals surface area contributed by atoms with E-state index in [1.807, 2.05) is 12.1 Å². The summed E-state index contributed by atoms with van der Waals surface area (Å²) in [5.41, 5.74) is 1.41. The molecule has 2 aliphatic rings. The molecule has 1 aliphatic heterocycles. The lowest BCUT2D eigenvalue weighted by Crippen LogP contribution is -2.52. The number of thiophene rings is 1. The Morgan fingerprint density at radius 3 is 2.54 bits per heavy atom. The van der Waals surface area contributed by atoms with E-state index in [4.69, 9.17) is 16.3 Å². The Morgan fingerprint density at radius 2 is 1.94 bits per heavy atom. The van der Waals surface area contributed by atoms with Crippen LogP contribution in [0.25, 0.3) is 0 Å². The third kappa shape index (κ3) is 6.82. The number of hydrogen-bond donors (Lipinski definition) is 2. The van der Waals surface area contributed by atoms with Gasteiger partial charge in [-0.25, -0.2) is 0 Å². The van der Waals surface area contributed by atoms with Gasteiger partial charge >= 0.3 is 0 Å². The summed E-state index contributed by atoms with van der Waals surface area (Å²) in [5.74, 6) is -0.107. The minimum absolute atomic E-state index is 0.0790. The van der Waals surface area contributed by atoms with Crippen molar-refractivity contribution in [3.63, 3.8) is 0 Å². The number of amides is 3. The Kier molecular flexibility index (Phi) is 8.43. The number of ether oxygens (including phenoxy) is 1. The predicted octanol–water partition coefficient (Wildman–Crippen LogP) is 3.62. The van der Waals surface area contributed by atoms with E-state index in [-0.39, 0.29) is 30.9 Å². The van der Waals surface area contributed by atoms with Gasteiger partial charge in [0.25, 0.3) is 11.8 Å². The van der Waals surface area contributed by atoms with Crippen LogP contribution in [-0.2, 0) is 14.3 Å². The quantitative estimate of drug-likeness (QED) is 0.501. The highest BCUT2D eigenvalue weighted by atomic mass is 35.5. The summed E-state index contributed by atoms with van der Waals surface area (Å²) in [4.78, 5) is 42.6. The van der Waals surface area contributed by atoms with Gasteiger partial charge < -0.3 is 20.3 Å². The molecule has 1 saturated heterocycles. The van der Waals surface area contributed by atoms with Gasteiger partial charge in [-0.2, -0.15) is 0 Å². The largest absolute Gasteiger partial charge is 0.370 e. The third-order valence-corrected chi connectivity index (χ3v) is 7.21. The lowest BCUT2D eigenvalue weighted by Gasteiger charge is -2.32. The van der Waals surface area contributed by atoms with Gasteiger partial charge in [0.2, 0.25) is 5.91 Å². The maximum atomic E-state index is 13.5. The summed E-state index contributed by atoms with van der Waals surface area (Å²) >= 11 is 7.19. The van der Waals surface area contributed by atoms with Crippen LogP contribution in [0.3, 0.4) is 0 Å². The Morgan fingerprint density at radius 1 is 1.20 bits per heavy atom. The average molecular weight is 519 g/mol. The van der Waals surface area contributed by atoms with E-state index >= 15 is 0 Å². The van der Waals surface area contributed by atoms with Crippen LogP contribution >= 0.6 is 22.9 Å². The molecule has 1 aromatic carbocycles. The summed E-state index contributed by atoms with van der Waals surface area (Å²) in [6, 6.07) is 10.4. The summed E-state index contributed by atoms with van der Waals surface area (Å²) in [6.45, 7) is 6.31. The number of anilines is 2. The molecule has 1 aromatic heterocycles. The Bertz CT molecular complexity index is 1050. The molecule has 1 atom stereocenters. The summed E-state index contributed by atoms with van der Waals surface area (Å²) < 4.78 is 5.74. The highest BCUT2D eigenvalue weighted by molar-refractivity contribution is 7.18. The highest BCUT2D eigenvalue weighted by Crippen LogP contribution is 2.30. The third-order valence-electron chi connectivity index (χ3n) is 5.98. The number of nitrogens with zero attached hydrogens (tertiary/aromatic N) is 2. The zero-order chi connectivity index (χ0) is 24.9. The minimum Gasteiger partial charge on any atom is -0.370 e. The fraction of sp³-hybridized carbons (Fsp3) is 0.480. The van der Waals surface area contributed by atoms with E-state index in [1.165, 1.54) is 11.3 Å². The van der Waals surface area contributed by atoms with Crippen molar-refractivity contribution in [2.75, 3.05) is 43.1 Å². The van der Waals surface area contributed by atoms with Gasteiger partial charge in [-0.05, 0) is 55.2 Å². The first-order valence-electron chi connectivity index (χ1n) is 11.9. The molecule has 2 fully saturated rings. The van der Waals surface area contributed by atoms with Crippen molar-refractivity contribution in [2.45, 2.75) is 38.8 Å². The average Bonchev–Trinajstić information content (AvgIpc) is 3.58. The molecule has 188 valence electrons. The second kappa shape index (κ2) is 11.5. The van der Waals surface area contributed by atoms with E-state index in [9.17, 15) is 14.4 Å². The van der Waals surface area contributed by atoms with Crippen LogP contribution in [-0.4, -0.2) is 67.6 Å². The summed E-state index contributed by atoms with van der Waals surface area (Å²) in [5, 5.41) is 5.94. The molecule has 1 saturated carbocycles. The standard InChI is InChI=1S/C25H31ClN4O4S/c1-16(2)14-30(19-7-8-19)20(13-27-25(33)21-9-10-22(26)35-21)24(32)28-17-3-5-18(6-4-17)29-11-12-34-15-23(29)31/h3-6,9-10,16,19-20H,7-8,11-15H2,1-2H3,(H,27,33)(H,28,32)/t20-/m0/s1. The molecule has 0 radical (unpaired) electrons. The van der Waals surface area contributed by atoms with Gasteiger partial charge in [0.1, 0.15) is 12.6 Å². The number of morpholine rings is 1. The van der Waals surface area contributed by atoms with Gasteiger partial charge in [-0.1, -0.05) is 25.4 Å². The van der Waals surface area contributed by atoms with Gasteiger partial charge in [0, 0.05) is 37.1 Å². The highest BCUT2D eigenvalue weighted by Gasteiger charge is 2.38. The number of benzene rings is 1. The molecule has 0 bridgehead atoms. The van der Waals surface area contributed by atoms with Crippen molar-refractivity contribution in [3.05, 3.63) is 45.6 Å². The molecule has 35 heavy (non-hydrogen) atoms. The molecule has 4 rings (SSSR count). The fourth-order valence-electron chi connectivity index (χ4n) is 4.17. The maximum absolute atomic E-state index is 13.5. The van der Waals surface area contributed by atoms with Crippen molar-refractivity contribution in [1.82, 2.24) is 10.2 Å². The van der Waals surface area contributed by atoms with E-state index in [0.29, 0.717) is 40.0 Å². The first-order chi connectivity index (χ1) is 16.8. The first-order valence-corrected chi connectivity index (χ1v) is 13.1. The molecule has 0 spiro atoms. The minimum atomic E-state index is -0.509. The number of rotatable bonds is 10. The molecule has 1 aliphatic carbocycles. The molecular formula is C25H31ClN4O4S. The number of carbonyl (C=O) groups excluding carboxylic acids is 3. The summed E-state index contributed by atoms with van der Waals surface area (Å²) in [6.07, 6.45) is 2.10. The Labute approximate surface area is 214 Å². The van der Waals surface area contributed by atoms with Crippen LogP contribution in [0.1, 0.15) is 36.4 Å². The second-order valence-corrected chi connectivity index (χ2v) is 11.0. The molecule has 2 heterocycles. The van der Waals surface area contributed by atoms with Gasteiger partial charge in [-0.3, -0.25) is 19.3 Å². The van der Waals surface area contributed by atoms with Gasteiger partial charge in [-0.15, -0.1) is 11.3 Å². The number of carbonyl (C=O) groups is 3. The Hall–Kier alpha value is -2.46. The van der Waals surface area contributed by atoms with Crippen LogP contribution in [0.5, 0.6) is 0 Å². The fourth-order valence-corrected chi connectivity index (χ4v) is 5.13. The number of halogens is 1. The molecule has 0 unspecified atom stereocenters. The second-order valence-electron chi connectivity index (χ2n) is 9.29. The van der Waals surface area contributed by atoms with Crippen LogP contribution in [0, 0.1) is 5.92 Å². The maximum Gasteiger partial charge on any atom is 0.261 e. The van der Waals surface area contributed by atoms with Crippen LogP contribution in [0.2, 0.25) is 4.34 Å². The lowest BCUT2D eigenvalue weighted by atomic mass is 10.1. The molecular weight excluding hydrogens is 488 g/mol. The first kappa shape index (κ1) is 25.6. The normalized spacial score (nSPS) is 17.1. The van der Waals surface area contributed by atoms with E-state index in [1.54, 1.807) is 29.2 Å². The molecule has 2 N–H and O–H groups in total. The molecule has 10 heteroatoms. The van der Waals surface area contributed by atoms with Crippen LogP contribution < -0.4 is 15.5 Å². The van der Waals surface area contributed by atoms with Crippen molar-refractivity contribution in [1.29, 1.82) is 0 Å². The van der Waals surface area contributed by atoms with E-state index in [2.05, 4.69) is 29.4 Å². The van der Waals surface area contributed by atoms with Crippen LogP contribution in [0.4, 0.5) is 11.4 Å². The summed E-state index contributed by atoms with van der Waals surface area (Å²) in [7, 11) is 0. The van der Waals surface area contributed by atoms with Gasteiger partial charge in [0.05, 0.1) is 15.8 Å². The van der Waals surface area contributed by atoms with Gasteiger partial charge in [0.15, 0.2) is 0 Å². The van der Waals surface area contributed by atoms with E-state index in [0.717, 1.165) is 25.1 Å². The van der Waals surface area contributed by atoms with E-state index < -0.39 is 6.04 Å². The van der Waals surface area contributed by atoms with Crippen molar-refractivity contribution >= 4 is 52.0 Å². The topological polar surface area (TPSA) is 91.0 Å². The SMILES string of the molecule is CC(C)CN(C1CC1)[C@@H](CNC(=O)c1ccc(Cl)s1)C(=O)Nc1ccc(N2CCOCC2=O)cc1. The molecule has 2 aromatic rings. The monoisotopic (exact) mass is 518 g/mol. The predicted molar refractivity (Wildman–Crippen MR) is 138 cm³/mol. The zero-order valence-electron chi connectivity index (χ0n) is 20.0. The molecule has 3 amide bonds. The number of nitrogens with one attached hydrogen (secondary N) is 2.